The number of piperidine rings is 1. The second kappa shape index (κ2) is 5.34. The first kappa shape index (κ1) is 13.5. The van der Waals surface area contributed by atoms with Crippen LogP contribution in [0.4, 0.5) is 0 Å². The maximum atomic E-state index is 12.0. The van der Waals surface area contributed by atoms with Gasteiger partial charge in [-0.15, -0.1) is 0 Å². The van der Waals surface area contributed by atoms with Gasteiger partial charge >= 0.3 is 0 Å². The molecule has 0 bridgehead atoms. The van der Waals surface area contributed by atoms with Crippen LogP contribution >= 0.6 is 0 Å². The number of carbonyl (C=O) groups is 2. The van der Waals surface area contributed by atoms with Gasteiger partial charge < -0.3 is 10.5 Å². The van der Waals surface area contributed by atoms with E-state index in [0.717, 1.165) is 19.4 Å². The molecule has 18 heavy (non-hydrogen) atoms. The number of nitrogens with two attached hydrogens (primary N) is 1. The van der Waals surface area contributed by atoms with Gasteiger partial charge in [0.1, 0.15) is 0 Å². The first-order valence-corrected chi connectivity index (χ1v) is 6.37. The maximum Gasteiger partial charge on any atom is 0.246 e. The smallest absolute Gasteiger partial charge is 0.246 e. The number of carbonyl (C=O) groups excluding carboxylic acids is 2. The molecule has 0 saturated carbocycles. The molecule has 2 fully saturated rings. The van der Waals surface area contributed by atoms with Crippen molar-refractivity contribution in [2.75, 3.05) is 27.2 Å². The van der Waals surface area contributed by atoms with Gasteiger partial charge in [-0.05, 0) is 12.8 Å². The van der Waals surface area contributed by atoms with Crippen molar-refractivity contribution in [3.8, 4) is 0 Å². The second-order valence-electron chi connectivity index (χ2n) is 5.02. The Labute approximate surface area is 107 Å². The summed E-state index contributed by atoms with van der Waals surface area (Å²) in [5.41, 5.74) is 5.79. The molecule has 0 spiro atoms. The van der Waals surface area contributed by atoms with Crippen molar-refractivity contribution in [1.29, 1.82) is 0 Å². The summed E-state index contributed by atoms with van der Waals surface area (Å²) < 4.78 is 5.36. The number of nitrogens with zero attached hydrogens (tertiary/aromatic N) is 2. The molecule has 3 unspecified atom stereocenters. The van der Waals surface area contributed by atoms with Gasteiger partial charge in [0.05, 0.1) is 18.6 Å². The summed E-state index contributed by atoms with van der Waals surface area (Å²) in [6.45, 7) is 1.25. The zero-order valence-corrected chi connectivity index (χ0v) is 11.0. The zero-order chi connectivity index (χ0) is 13.3. The fraction of sp³-hybridized carbons (Fsp3) is 0.833. The van der Waals surface area contributed by atoms with Crippen molar-refractivity contribution in [2.24, 2.45) is 5.73 Å². The third-order valence-corrected chi connectivity index (χ3v) is 4.08. The summed E-state index contributed by atoms with van der Waals surface area (Å²) in [5.74, 6) is -0.205. The average molecular weight is 255 g/mol. The lowest BCUT2D eigenvalue weighted by Gasteiger charge is -2.40. The fourth-order valence-electron chi connectivity index (χ4n) is 2.88. The summed E-state index contributed by atoms with van der Waals surface area (Å²) >= 11 is 0. The molecule has 2 aliphatic rings. The van der Waals surface area contributed by atoms with Crippen LogP contribution in [0.3, 0.4) is 0 Å². The van der Waals surface area contributed by atoms with E-state index in [0.29, 0.717) is 6.54 Å². The molecule has 102 valence electrons. The lowest BCUT2D eigenvalue weighted by molar-refractivity contribution is -0.138. The Balaban J connectivity index is 2.08. The fourth-order valence-corrected chi connectivity index (χ4v) is 2.88. The molecule has 0 aromatic carbocycles. The summed E-state index contributed by atoms with van der Waals surface area (Å²) in [6, 6.07) is -0.203. The van der Waals surface area contributed by atoms with Crippen LogP contribution < -0.4 is 5.73 Å². The Morgan fingerprint density at radius 1 is 1.44 bits per heavy atom. The summed E-state index contributed by atoms with van der Waals surface area (Å²) in [7, 11) is 3.25. The third kappa shape index (κ3) is 2.28. The van der Waals surface area contributed by atoms with Gasteiger partial charge in [-0.1, -0.05) is 0 Å². The third-order valence-electron chi connectivity index (χ3n) is 4.08. The topological polar surface area (TPSA) is 75.9 Å². The Morgan fingerprint density at radius 3 is 2.67 bits per heavy atom. The van der Waals surface area contributed by atoms with Crippen molar-refractivity contribution < 1.29 is 14.3 Å². The lowest BCUT2D eigenvalue weighted by atomic mass is 9.96. The van der Waals surface area contributed by atoms with Crippen LogP contribution in [0.1, 0.15) is 19.3 Å². The Morgan fingerprint density at radius 2 is 2.17 bits per heavy atom. The normalized spacial score (nSPS) is 34.4. The molecule has 0 aromatic heterocycles. The number of likely N-dealkylation sites (N-methyl/N-ethyl adjacent to an activating group) is 1. The predicted octanol–water partition coefficient (Wildman–Crippen LogP) is -0.818. The molecule has 0 aromatic rings. The van der Waals surface area contributed by atoms with Crippen LogP contribution in [0.5, 0.6) is 0 Å². The highest BCUT2D eigenvalue weighted by Crippen LogP contribution is 2.26. The van der Waals surface area contributed by atoms with E-state index >= 15 is 0 Å². The van der Waals surface area contributed by atoms with E-state index < -0.39 is 0 Å². The summed E-state index contributed by atoms with van der Waals surface area (Å²) in [5, 5.41) is 0. The number of likely N-dealkylation sites (tertiary alicyclic amines) is 2. The number of imide groups is 1. The van der Waals surface area contributed by atoms with Crippen LogP contribution in [0.2, 0.25) is 0 Å². The Bertz CT molecular complexity index is 347. The summed E-state index contributed by atoms with van der Waals surface area (Å²) in [4.78, 5) is 26.9. The highest BCUT2D eigenvalue weighted by Gasteiger charge is 2.43. The molecule has 2 heterocycles. The van der Waals surface area contributed by atoms with Gasteiger partial charge in [-0.25, -0.2) is 0 Å². The molecule has 3 atom stereocenters. The lowest BCUT2D eigenvalue weighted by Crippen LogP contribution is -2.54. The first-order valence-electron chi connectivity index (χ1n) is 6.37. The molecule has 6 nitrogen and oxygen atoms in total. The van der Waals surface area contributed by atoms with Crippen LogP contribution in [-0.2, 0) is 14.3 Å². The summed E-state index contributed by atoms with van der Waals surface area (Å²) in [6.07, 6.45) is 2.20. The minimum Gasteiger partial charge on any atom is -0.381 e. The van der Waals surface area contributed by atoms with Crippen LogP contribution in [-0.4, -0.2) is 67.0 Å². The van der Waals surface area contributed by atoms with Crippen molar-refractivity contribution in [2.45, 2.75) is 37.5 Å². The molecule has 2 aliphatic heterocycles. The number of hydrogen-bond acceptors (Lipinski definition) is 5. The van der Waals surface area contributed by atoms with E-state index in [1.54, 1.807) is 14.2 Å². The molecule has 0 radical (unpaired) electrons. The van der Waals surface area contributed by atoms with Gasteiger partial charge in [0.15, 0.2) is 0 Å². The van der Waals surface area contributed by atoms with E-state index in [1.807, 2.05) is 0 Å². The Hall–Kier alpha value is -0.980. The number of methoxy groups -OCH3 is 1. The van der Waals surface area contributed by atoms with E-state index in [9.17, 15) is 9.59 Å². The average Bonchev–Trinajstić information content (AvgIpc) is 2.65. The molecule has 2 rings (SSSR count). The largest absolute Gasteiger partial charge is 0.381 e. The van der Waals surface area contributed by atoms with Gasteiger partial charge in [0.25, 0.3) is 0 Å². The van der Waals surface area contributed by atoms with E-state index in [-0.39, 0.29) is 36.4 Å². The van der Waals surface area contributed by atoms with Crippen molar-refractivity contribution in [3.63, 3.8) is 0 Å². The Kier molecular flexibility index (Phi) is 3.99. The van der Waals surface area contributed by atoms with E-state index in [2.05, 4.69) is 4.90 Å². The quantitative estimate of drug-likeness (QED) is 0.667. The molecular weight excluding hydrogens is 234 g/mol. The highest BCUT2D eigenvalue weighted by atomic mass is 16.5. The number of hydrogen-bond donors (Lipinski definition) is 1. The van der Waals surface area contributed by atoms with Gasteiger partial charge in [-0.2, -0.15) is 0 Å². The molecule has 0 aliphatic carbocycles. The van der Waals surface area contributed by atoms with E-state index in [1.165, 1.54) is 4.90 Å². The maximum absolute atomic E-state index is 12.0. The monoisotopic (exact) mass is 255 g/mol. The van der Waals surface area contributed by atoms with Gasteiger partial charge in [0, 0.05) is 33.3 Å². The van der Waals surface area contributed by atoms with Crippen molar-refractivity contribution >= 4 is 11.8 Å². The number of rotatable bonds is 3. The molecule has 2 saturated heterocycles. The standard InChI is InChI=1S/C12H21N3O3/c1-14-11(16)6-10(12(14)17)15-4-3-9(18-2)5-8(15)7-13/h8-10H,3-7,13H2,1-2H3. The highest BCUT2D eigenvalue weighted by molar-refractivity contribution is 6.05. The number of ether oxygens (including phenoxy) is 1. The van der Waals surface area contributed by atoms with Crippen LogP contribution in [0.15, 0.2) is 0 Å². The minimum atomic E-state index is -0.325. The molecule has 2 N–H and O–H groups in total. The second-order valence-corrected chi connectivity index (χ2v) is 5.02. The van der Waals surface area contributed by atoms with Gasteiger partial charge in [-0.3, -0.25) is 19.4 Å². The van der Waals surface area contributed by atoms with Crippen LogP contribution in [0.25, 0.3) is 0 Å². The van der Waals surface area contributed by atoms with Crippen molar-refractivity contribution in [1.82, 2.24) is 9.80 Å². The minimum absolute atomic E-state index is 0.102. The molecular formula is C12H21N3O3. The predicted molar refractivity (Wildman–Crippen MR) is 65.8 cm³/mol. The van der Waals surface area contributed by atoms with E-state index in [4.69, 9.17) is 10.5 Å². The van der Waals surface area contributed by atoms with Gasteiger partial charge in [0.2, 0.25) is 11.8 Å². The molecule has 2 amide bonds. The SMILES string of the molecule is COC1CCN(C2CC(=O)N(C)C2=O)C(CN)C1. The first-order chi connectivity index (χ1) is 8.58. The van der Waals surface area contributed by atoms with Crippen LogP contribution in [0, 0.1) is 0 Å². The zero-order valence-electron chi connectivity index (χ0n) is 11.0. The number of amides is 2. The van der Waals surface area contributed by atoms with Crippen molar-refractivity contribution in [3.05, 3.63) is 0 Å². The molecule has 6 heteroatoms.